The Balaban J connectivity index is 1.50. The van der Waals surface area contributed by atoms with Crippen LogP contribution >= 0.6 is 23.2 Å². The lowest BCUT2D eigenvalue weighted by Gasteiger charge is -2.25. The SMILES string of the molecule is CC(=O)c1ccc(OCCCN2CCCC2NS(=O)(=O)c2ccc(Cl)c(Cl)c2)cc1. The molecule has 2 aromatic rings. The number of carbonyl (C=O) groups is 1. The quantitative estimate of drug-likeness (QED) is 0.435. The van der Waals surface area contributed by atoms with Crippen molar-refractivity contribution < 1.29 is 17.9 Å². The number of likely N-dealkylation sites (tertiary alicyclic amines) is 1. The van der Waals surface area contributed by atoms with E-state index in [1.807, 2.05) is 0 Å². The number of hydrogen-bond acceptors (Lipinski definition) is 5. The Bertz CT molecular complexity index is 997. The van der Waals surface area contributed by atoms with Gasteiger partial charge in [-0.2, -0.15) is 4.72 Å². The van der Waals surface area contributed by atoms with E-state index in [1.165, 1.54) is 25.1 Å². The molecule has 1 unspecified atom stereocenters. The Morgan fingerprint density at radius 2 is 1.90 bits per heavy atom. The van der Waals surface area contributed by atoms with Crippen molar-refractivity contribution in [1.29, 1.82) is 0 Å². The third kappa shape index (κ3) is 5.95. The van der Waals surface area contributed by atoms with Gasteiger partial charge in [0, 0.05) is 12.1 Å². The van der Waals surface area contributed by atoms with Crippen LogP contribution in [0.15, 0.2) is 47.4 Å². The number of ether oxygens (including phenoxy) is 1. The molecule has 0 spiro atoms. The summed E-state index contributed by atoms with van der Waals surface area (Å²) in [6.07, 6.45) is 2.15. The normalized spacial score (nSPS) is 17.2. The van der Waals surface area contributed by atoms with Crippen molar-refractivity contribution in [3.8, 4) is 5.75 Å². The summed E-state index contributed by atoms with van der Waals surface area (Å²) in [7, 11) is -3.69. The molecule has 0 radical (unpaired) electrons. The number of rotatable bonds is 9. The number of benzene rings is 2. The summed E-state index contributed by atoms with van der Waals surface area (Å²) in [6.45, 7) is 3.56. The first-order valence-electron chi connectivity index (χ1n) is 9.71. The molecule has 1 fully saturated rings. The van der Waals surface area contributed by atoms with Crippen molar-refractivity contribution in [2.45, 2.75) is 37.2 Å². The Labute approximate surface area is 187 Å². The molecule has 0 amide bonds. The average molecular weight is 471 g/mol. The van der Waals surface area contributed by atoms with E-state index < -0.39 is 10.0 Å². The molecule has 162 valence electrons. The van der Waals surface area contributed by atoms with E-state index in [9.17, 15) is 13.2 Å². The van der Waals surface area contributed by atoms with Crippen molar-refractivity contribution in [3.63, 3.8) is 0 Å². The second kappa shape index (κ2) is 10.1. The smallest absolute Gasteiger partial charge is 0.241 e. The van der Waals surface area contributed by atoms with Crippen LogP contribution in [-0.2, 0) is 10.0 Å². The van der Waals surface area contributed by atoms with Crippen molar-refractivity contribution in [2.24, 2.45) is 0 Å². The van der Waals surface area contributed by atoms with Crippen LogP contribution in [0.3, 0.4) is 0 Å². The van der Waals surface area contributed by atoms with Crippen LogP contribution in [0, 0.1) is 0 Å². The van der Waals surface area contributed by atoms with E-state index >= 15 is 0 Å². The molecule has 0 bridgehead atoms. The number of nitrogens with zero attached hydrogens (tertiary/aromatic N) is 1. The minimum Gasteiger partial charge on any atom is -0.494 e. The third-order valence-electron chi connectivity index (χ3n) is 4.98. The maximum absolute atomic E-state index is 12.7. The lowest BCUT2D eigenvalue weighted by molar-refractivity contribution is 0.101. The fourth-order valence-electron chi connectivity index (χ4n) is 3.36. The van der Waals surface area contributed by atoms with Crippen molar-refractivity contribution in [2.75, 3.05) is 19.7 Å². The lowest BCUT2D eigenvalue weighted by Crippen LogP contribution is -2.44. The van der Waals surface area contributed by atoms with Crippen molar-refractivity contribution >= 4 is 39.0 Å². The highest BCUT2D eigenvalue weighted by molar-refractivity contribution is 7.89. The number of halogens is 2. The van der Waals surface area contributed by atoms with Crippen molar-refractivity contribution in [1.82, 2.24) is 9.62 Å². The van der Waals surface area contributed by atoms with Gasteiger partial charge in [-0.3, -0.25) is 9.69 Å². The van der Waals surface area contributed by atoms with Gasteiger partial charge in [0.1, 0.15) is 5.75 Å². The zero-order chi connectivity index (χ0) is 21.7. The molecule has 0 aliphatic carbocycles. The molecule has 1 heterocycles. The van der Waals surface area contributed by atoms with Gasteiger partial charge in [-0.05, 0) is 75.2 Å². The number of carbonyl (C=O) groups excluding carboxylic acids is 1. The van der Waals surface area contributed by atoms with Gasteiger partial charge in [0.15, 0.2) is 5.78 Å². The molecule has 6 nitrogen and oxygen atoms in total. The van der Waals surface area contributed by atoms with Gasteiger partial charge in [-0.15, -0.1) is 0 Å². The average Bonchev–Trinajstić information content (AvgIpc) is 3.13. The molecule has 1 saturated heterocycles. The van der Waals surface area contributed by atoms with E-state index in [1.54, 1.807) is 24.3 Å². The highest BCUT2D eigenvalue weighted by Gasteiger charge is 2.29. The standard InChI is InChI=1S/C21H24Cl2N2O4S/c1-15(26)16-5-7-17(8-6-16)29-13-3-12-25-11-2-4-21(25)24-30(27,28)18-9-10-19(22)20(23)14-18/h5-10,14,21,24H,2-4,11-13H2,1H3. The first-order valence-corrected chi connectivity index (χ1v) is 12.0. The molecular formula is C21H24Cl2N2O4S. The van der Waals surface area contributed by atoms with E-state index in [4.69, 9.17) is 27.9 Å². The molecule has 0 aromatic heterocycles. The summed E-state index contributed by atoms with van der Waals surface area (Å²) in [5.41, 5.74) is 0.650. The highest BCUT2D eigenvalue weighted by Crippen LogP contribution is 2.26. The van der Waals surface area contributed by atoms with Crippen LogP contribution in [0.5, 0.6) is 5.75 Å². The molecule has 0 saturated carbocycles. The maximum atomic E-state index is 12.7. The van der Waals surface area contributed by atoms with E-state index in [-0.39, 0.29) is 21.9 Å². The van der Waals surface area contributed by atoms with Crippen LogP contribution in [0.25, 0.3) is 0 Å². The topological polar surface area (TPSA) is 75.7 Å². The summed E-state index contributed by atoms with van der Waals surface area (Å²) in [4.78, 5) is 13.5. The van der Waals surface area contributed by atoms with Gasteiger partial charge in [0.05, 0.1) is 27.7 Å². The minimum absolute atomic E-state index is 0.0185. The molecule has 1 atom stereocenters. The van der Waals surface area contributed by atoms with Crippen LogP contribution in [0.4, 0.5) is 0 Å². The minimum atomic E-state index is -3.69. The Kier molecular flexibility index (Phi) is 7.76. The number of Topliss-reactive ketones (excluding diaryl/α,β-unsaturated/α-hetero) is 1. The molecule has 2 aromatic carbocycles. The fraction of sp³-hybridized carbons (Fsp3) is 0.381. The van der Waals surface area contributed by atoms with E-state index in [0.717, 1.165) is 25.8 Å². The third-order valence-corrected chi connectivity index (χ3v) is 7.17. The second-order valence-corrected chi connectivity index (χ2v) is 9.70. The fourth-order valence-corrected chi connectivity index (χ4v) is 5.01. The van der Waals surface area contributed by atoms with Gasteiger partial charge in [0.2, 0.25) is 10.0 Å². The Morgan fingerprint density at radius 3 is 2.57 bits per heavy atom. The van der Waals surface area contributed by atoms with Crippen molar-refractivity contribution in [3.05, 3.63) is 58.1 Å². The van der Waals surface area contributed by atoms with Crippen LogP contribution in [0.1, 0.15) is 36.5 Å². The maximum Gasteiger partial charge on any atom is 0.241 e. The predicted octanol–water partition coefficient (Wildman–Crippen LogP) is 4.37. The number of sulfonamides is 1. The molecule has 30 heavy (non-hydrogen) atoms. The van der Waals surface area contributed by atoms with Gasteiger partial charge in [-0.1, -0.05) is 23.2 Å². The molecule has 1 N–H and O–H groups in total. The van der Waals surface area contributed by atoms with Gasteiger partial charge >= 0.3 is 0 Å². The molecule has 1 aliphatic heterocycles. The largest absolute Gasteiger partial charge is 0.494 e. The molecule has 1 aliphatic rings. The summed E-state index contributed by atoms with van der Waals surface area (Å²) < 4.78 is 33.9. The monoisotopic (exact) mass is 470 g/mol. The van der Waals surface area contributed by atoms with E-state index in [0.29, 0.717) is 29.5 Å². The predicted molar refractivity (Wildman–Crippen MR) is 118 cm³/mol. The zero-order valence-electron chi connectivity index (χ0n) is 16.6. The molecular weight excluding hydrogens is 447 g/mol. The number of ketones is 1. The number of nitrogens with one attached hydrogen (secondary N) is 1. The number of hydrogen-bond donors (Lipinski definition) is 1. The molecule has 9 heteroatoms. The van der Waals surface area contributed by atoms with E-state index in [2.05, 4.69) is 9.62 Å². The van der Waals surface area contributed by atoms with Gasteiger partial charge in [0.25, 0.3) is 0 Å². The lowest BCUT2D eigenvalue weighted by atomic mass is 10.1. The summed E-state index contributed by atoms with van der Waals surface area (Å²) in [5.74, 6) is 0.725. The van der Waals surface area contributed by atoms with Crippen LogP contribution in [0.2, 0.25) is 10.0 Å². The Hall–Kier alpha value is -1.64. The first kappa shape index (κ1) is 23.0. The van der Waals surface area contributed by atoms with Gasteiger partial charge in [-0.25, -0.2) is 8.42 Å². The van der Waals surface area contributed by atoms with Gasteiger partial charge < -0.3 is 4.74 Å². The molecule has 3 rings (SSSR count). The summed E-state index contributed by atoms with van der Waals surface area (Å²) >= 11 is 11.8. The van der Waals surface area contributed by atoms with Crippen LogP contribution < -0.4 is 9.46 Å². The van der Waals surface area contributed by atoms with Crippen LogP contribution in [-0.4, -0.2) is 45.0 Å². The highest BCUT2D eigenvalue weighted by atomic mass is 35.5. The summed E-state index contributed by atoms with van der Waals surface area (Å²) in [6, 6.07) is 11.3. The zero-order valence-corrected chi connectivity index (χ0v) is 18.9. The second-order valence-electron chi connectivity index (χ2n) is 7.17. The summed E-state index contributed by atoms with van der Waals surface area (Å²) in [5, 5.41) is 0.519. The first-order chi connectivity index (χ1) is 14.3. The Morgan fingerprint density at radius 1 is 1.17 bits per heavy atom.